The highest BCUT2D eigenvalue weighted by atomic mass is 35.5. The van der Waals surface area contributed by atoms with Gasteiger partial charge in [-0.3, -0.25) is 25.5 Å². The quantitative estimate of drug-likeness (QED) is 0.0290. The van der Waals surface area contributed by atoms with Crippen molar-refractivity contribution >= 4 is 117 Å². The lowest BCUT2D eigenvalue weighted by Crippen LogP contribution is -2.36. The summed E-state index contributed by atoms with van der Waals surface area (Å²) in [6.07, 6.45) is 1.68. The van der Waals surface area contributed by atoms with Crippen LogP contribution in [-0.2, 0) is 66.6 Å². The van der Waals surface area contributed by atoms with Gasteiger partial charge in [-0.2, -0.15) is 60.0 Å². The lowest BCUT2D eigenvalue weighted by Gasteiger charge is -2.14. The molecule has 0 aliphatic heterocycles. The molecule has 6 rings (SSSR count). The molecular formula is C46H59Cl2F5N15O19PS5. The fraction of sp³-hybridized carbons (Fsp3) is 0.370. The lowest BCUT2D eigenvalue weighted by atomic mass is 10.1. The molecule has 6 aromatic rings. The summed E-state index contributed by atoms with van der Waals surface area (Å²) in [6.45, 7) is 0.528. The normalized spacial score (nSPS) is 12.1. The Morgan fingerprint density at radius 1 is 0.796 bits per heavy atom. The number of halogens is 7. The summed E-state index contributed by atoms with van der Waals surface area (Å²) >= 11 is 11.8. The first-order valence-electron chi connectivity index (χ1n) is 24.9. The monoisotopic (exact) mass is 1480 g/mol. The molecule has 1 unspecified atom stereocenters. The predicted octanol–water partition coefficient (Wildman–Crippen LogP) is 3.46. The van der Waals surface area contributed by atoms with Gasteiger partial charge in [0.15, 0.2) is 14.9 Å². The van der Waals surface area contributed by atoms with E-state index in [0.29, 0.717) is 15.6 Å². The van der Waals surface area contributed by atoms with E-state index in [2.05, 4.69) is 69.1 Å². The third-order valence-corrected chi connectivity index (χ3v) is 16.3. The van der Waals surface area contributed by atoms with Gasteiger partial charge < -0.3 is 33.7 Å². The second-order valence-electron chi connectivity index (χ2n) is 17.9. The Kier molecular flexibility index (Phi) is 31.1. The van der Waals surface area contributed by atoms with Crippen molar-refractivity contribution in [1.29, 1.82) is 0 Å². The minimum Gasteiger partial charge on any atom is -0.778 e. The molecule has 2 aromatic carbocycles. The van der Waals surface area contributed by atoms with Crippen molar-refractivity contribution in [2.24, 2.45) is 0 Å². The Balaban J connectivity index is 0.000000432. The van der Waals surface area contributed by atoms with Crippen LogP contribution >= 0.6 is 30.8 Å². The van der Waals surface area contributed by atoms with E-state index in [1.807, 2.05) is 5.32 Å². The van der Waals surface area contributed by atoms with E-state index in [9.17, 15) is 84.3 Å². The van der Waals surface area contributed by atoms with E-state index in [1.165, 1.54) is 78.5 Å². The van der Waals surface area contributed by atoms with Gasteiger partial charge >= 0.3 is 42.5 Å². The van der Waals surface area contributed by atoms with Crippen LogP contribution in [0, 0.1) is 13.8 Å². The summed E-state index contributed by atoms with van der Waals surface area (Å²) in [6, 6.07) is 8.60. The van der Waals surface area contributed by atoms with Gasteiger partial charge in [-0.1, -0.05) is 48.3 Å². The maximum atomic E-state index is 12.8. The lowest BCUT2D eigenvalue weighted by molar-refractivity contribution is -0.193. The van der Waals surface area contributed by atoms with E-state index in [-0.39, 0.29) is 78.6 Å². The number of carbonyl (C=O) groups is 3. The number of sulfonamides is 3. The SMILES string of the molecule is CCS(=O)(=O)c1cccnc1S(=O)(=O)NC(=O)Nc1nc(OC)cc(OC)n1.COc1nc(C)nc(NC(=O)NS(=O)(=O)c2ccccc2CCC(F)(F)F)n1.C[S+](C)C.Cc1nn(-c2cc(NS(C)(=O)=O)c(Cl)cc2Cl)c(=O)n1C(F)F.O=C(O)CNCP(=O)([O-])O. The number of nitrogens with zero attached hydrogens (tertiary/aromatic N) is 9. The highest BCUT2D eigenvalue weighted by Crippen LogP contribution is 2.32. The first kappa shape index (κ1) is 81.4. The molecule has 8 N–H and O–H groups in total. The van der Waals surface area contributed by atoms with Crippen LogP contribution in [0.4, 0.5) is 49.1 Å². The number of carbonyl (C=O) groups excluding carboxylic acids is 2. The number of aromatic nitrogens is 9. The minimum atomic E-state index is -4.61. The molecule has 0 bridgehead atoms. The maximum Gasteiger partial charge on any atom is 0.389 e. The largest absolute Gasteiger partial charge is 0.778 e. The summed E-state index contributed by atoms with van der Waals surface area (Å²) in [5.41, 5.74) is -1.34. The Bertz CT molecular complexity index is 4160. The number of amides is 4. The highest BCUT2D eigenvalue weighted by molar-refractivity contribution is 7.95. The third kappa shape index (κ3) is 28.6. The molecule has 0 spiro atoms. The van der Waals surface area contributed by atoms with E-state index in [4.69, 9.17) is 47.4 Å². The number of pyridine rings is 1. The van der Waals surface area contributed by atoms with Gasteiger partial charge in [0.05, 0.1) is 97.3 Å². The number of sulfone groups is 1. The number of methoxy groups -OCH3 is 3. The molecule has 516 valence electrons. The van der Waals surface area contributed by atoms with Crippen molar-refractivity contribution in [3.05, 3.63) is 98.5 Å². The number of ether oxygens (including phenoxy) is 3. The van der Waals surface area contributed by atoms with Gasteiger partial charge in [0, 0.05) is 12.6 Å². The van der Waals surface area contributed by atoms with Crippen LogP contribution in [0.25, 0.3) is 5.69 Å². The van der Waals surface area contributed by atoms with Crippen LogP contribution in [0.3, 0.4) is 0 Å². The number of rotatable bonds is 21. The number of carboxylic acids is 1. The molecule has 93 heavy (non-hydrogen) atoms. The van der Waals surface area contributed by atoms with Crippen LogP contribution in [0.1, 0.15) is 37.1 Å². The van der Waals surface area contributed by atoms with E-state index >= 15 is 0 Å². The van der Waals surface area contributed by atoms with Crippen molar-refractivity contribution in [3.63, 3.8) is 0 Å². The number of aryl methyl sites for hydroxylation is 3. The number of benzene rings is 2. The molecule has 0 saturated heterocycles. The van der Waals surface area contributed by atoms with Crippen molar-refractivity contribution in [1.82, 2.24) is 59.0 Å². The number of hydrogen-bond donors (Lipinski definition) is 8. The molecule has 0 aliphatic carbocycles. The van der Waals surface area contributed by atoms with Gasteiger partial charge in [0.2, 0.25) is 33.7 Å². The molecule has 0 fully saturated rings. The first-order chi connectivity index (χ1) is 42.8. The van der Waals surface area contributed by atoms with Crippen molar-refractivity contribution in [2.75, 3.05) is 80.3 Å². The molecule has 34 nitrogen and oxygen atoms in total. The fourth-order valence-electron chi connectivity index (χ4n) is 6.23. The molecule has 4 amide bonds. The molecule has 0 saturated carbocycles. The van der Waals surface area contributed by atoms with E-state index in [0.717, 1.165) is 30.7 Å². The topological polar surface area (TPSA) is 485 Å². The number of anilines is 3. The summed E-state index contributed by atoms with van der Waals surface area (Å²) in [4.78, 5) is 85.5. The number of hydrogen-bond acceptors (Lipinski definition) is 25. The van der Waals surface area contributed by atoms with Crippen LogP contribution in [0.2, 0.25) is 10.0 Å². The van der Waals surface area contributed by atoms with Gasteiger partial charge in [-0.25, -0.2) is 58.6 Å². The van der Waals surface area contributed by atoms with Crippen LogP contribution in [0.15, 0.2) is 80.4 Å². The van der Waals surface area contributed by atoms with E-state index < -0.39 is 124 Å². The molecular weight excluding hydrogens is 1420 g/mol. The zero-order valence-corrected chi connectivity index (χ0v) is 56.4. The number of nitrogens with one attached hydrogen (secondary N) is 6. The van der Waals surface area contributed by atoms with Crippen LogP contribution in [0.5, 0.6) is 17.8 Å². The smallest absolute Gasteiger partial charge is 0.389 e. The molecule has 47 heteroatoms. The molecule has 1 atom stereocenters. The number of urea groups is 2. The summed E-state index contributed by atoms with van der Waals surface area (Å²) in [5, 5.41) is 17.0. The summed E-state index contributed by atoms with van der Waals surface area (Å²) < 4.78 is 191. The maximum absolute atomic E-state index is 12.8. The fourth-order valence-corrected chi connectivity index (χ4v) is 11.5. The highest BCUT2D eigenvalue weighted by Gasteiger charge is 2.31. The van der Waals surface area contributed by atoms with Gasteiger partial charge in [-0.15, -0.1) is 5.10 Å². The number of carboxylic acid groups (broad SMARTS) is 1. The zero-order valence-electron chi connectivity index (χ0n) is 49.9. The van der Waals surface area contributed by atoms with Gasteiger partial charge in [0.25, 0.3) is 20.0 Å². The Hall–Kier alpha value is -7.68. The predicted molar refractivity (Wildman–Crippen MR) is 325 cm³/mol. The average molecular weight is 1480 g/mol. The minimum absolute atomic E-state index is 0.0257. The van der Waals surface area contributed by atoms with Crippen LogP contribution < -0.4 is 54.9 Å². The Morgan fingerprint density at radius 3 is 1.82 bits per heavy atom. The Morgan fingerprint density at radius 2 is 1.33 bits per heavy atom. The standard InChI is InChI=1S/C15H16F3N5O4S.C14H17N5O7S2.C11H10Cl2F2N4O3S.C3H8NO5P.C3H9S/c1-9-19-12(22-14(20-9)27-2)21-13(24)23-28(25,26)11-6-4-3-5-10(11)7-8-15(16,17)18;1-4-27(21,22)9-6-5-7-15-12(9)28(23,24)19-14(20)18-13-16-10(25-2)8-11(17-13)26-3;1-5-16-19(11(20)18(5)10(14)15)9-4-8(17-23(2,21)22)6(12)3-7(9)13;5-3(6)1-4-2-10(7,8)9;1-4(2)3/h3-6H,7-8H2,1-2H3,(H2,19,20,21,22,23,24);5-8H,4H2,1-3H3,(H2,16,17,18,19,20);3-4,10,17H,1-2H3;4H,1-2H2,(H,5,6)(H2,7,8,9);1-3H3/q;;;;+1/p-1. The van der Waals surface area contributed by atoms with Crippen molar-refractivity contribution in [2.45, 2.75) is 61.2 Å². The second-order valence-corrected chi connectivity index (χ2v) is 30.0. The second kappa shape index (κ2) is 35.6. The third-order valence-electron chi connectivity index (χ3n) is 9.88. The average Bonchev–Trinajstić information content (AvgIpc) is 1.78. The summed E-state index contributed by atoms with van der Waals surface area (Å²) in [5.74, 6) is -1.97. The number of alkyl halides is 5. The van der Waals surface area contributed by atoms with E-state index in [1.54, 1.807) is 9.44 Å². The first-order valence-corrected chi connectivity index (χ1v) is 36.4. The van der Waals surface area contributed by atoms with Gasteiger partial charge in [0.1, 0.15) is 24.1 Å². The van der Waals surface area contributed by atoms with Crippen LogP contribution in [-0.4, -0.2) is 177 Å². The molecule has 4 aromatic heterocycles. The number of aliphatic carboxylic acids is 1. The van der Waals surface area contributed by atoms with Gasteiger partial charge in [-0.05, 0) is 67.1 Å². The molecule has 4 heterocycles. The molecule has 0 aliphatic rings. The van der Waals surface area contributed by atoms with Crippen molar-refractivity contribution in [3.8, 4) is 23.5 Å². The van der Waals surface area contributed by atoms with Crippen molar-refractivity contribution < 1.29 is 104 Å². The summed E-state index contributed by atoms with van der Waals surface area (Å²) in [7, 11) is -16.3. The Labute approximate surface area is 540 Å². The zero-order chi connectivity index (χ0) is 71.2. The molecule has 0 radical (unpaired) electrons.